The quantitative estimate of drug-likeness (QED) is 0.515. The van der Waals surface area contributed by atoms with Gasteiger partial charge in [0.05, 0.1) is 6.54 Å². The first-order valence-electron chi connectivity index (χ1n) is 12.2. The van der Waals surface area contributed by atoms with Crippen LogP contribution in [0, 0.1) is 34.8 Å². The number of hydrogen-bond acceptors (Lipinski definition) is 2. The number of carbonyl (C=O) groups is 1. The second-order valence-electron chi connectivity index (χ2n) is 10.9. The average molecular weight is 463 g/mol. The highest BCUT2D eigenvalue weighted by Crippen LogP contribution is 2.61. The van der Waals surface area contributed by atoms with Gasteiger partial charge in [-0.25, -0.2) is 8.78 Å². The molecule has 4 bridgehead atoms. The Hall–Kier alpha value is -3.02. The maximum absolute atomic E-state index is 14.1. The Bertz CT molecular complexity index is 1310. The highest BCUT2D eigenvalue weighted by molar-refractivity contribution is 6.02. The van der Waals surface area contributed by atoms with E-state index in [2.05, 4.69) is 5.32 Å². The molecular formula is C28H28F2N2O2. The van der Waals surface area contributed by atoms with E-state index in [1.807, 2.05) is 6.07 Å². The van der Waals surface area contributed by atoms with Crippen LogP contribution in [-0.2, 0) is 11.3 Å². The summed E-state index contributed by atoms with van der Waals surface area (Å²) >= 11 is 0. The van der Waals surface area contributed by atoms with E-state index < -0.39 is 11.6 Å². The molecule has 1 N–H and O–H groups in total. The molecule has 4 fully saturated rings. The summed E-state index contributed by atoms with van der Waals surface area (Å²) in [5.74, 6) is 1.06. The highest BCUT2D eigenvalue weighted by Gasteiger charge is 2.51. The third kappa shape index (κ3) is 3.83. The van der Waals surface area contributed by atoms with Crippen molar-refractivity contribution in [2.75, 3.05) is 5.32 Å². The van der Waals surface area contributed by atoms with E-state index in [0.717, 1.165) is 23.8 Å². The van der Waals surface area contributed by atoms with E-state index >= 15 is 0 Å². The second kappa shape index (κ2) is 8.03. The zero-order valence-electron chi connectivity index (χ0n) is 19.0. The minimum atomic E-state index is -0.683. The van der Waals surface area contributed by atoms with Crippen LogP contribution in [0.3, 0.4) is 0 Å². The number of rotatable bonds is 5. The topological polar surface area (TPSA) is 51.1 Å². The lowest BCUT2D eigenvalue weighted by molar-refractivity contribution is -0.124. The maximum Gasteiger partial charge on any atom is 0.258 e. The second-order valence-corrected chi connectivity index (χ2v) is 10.9. The molecule has 3 aromatic rings. The minimum Gasteiger partial charge on any atom is -0.325 e. The molecule has 0 radical (unpaired) electrons. The molecule has 0 saturated heterocycles. The predicted octanol–water partition coefficient (Wildman–Crippen LogP) is 5.87. The maximum atomic E-state index is 14.1. The smallest absolute Gasteiger partial charge is 0.258 e. The van der Waals surface area contributed by atoms with Gasteiger partial charge in [0.15, 0.2) is 0 Å². The van der Waals surface area contributed by atoms with Crippen molar-refractivity contribution in [3.63, 3.8) is 0 Å². The van der Waals surface area contributed by atoms with Gasteiger partial charge in [0, 0.05) is 40.7 Å². The number of aromatic nitrogens is 1. The number of benzene rings is 2. The van der Waals surface area contributed by atoms with Crippen molar-refractivity contribution in [2.45, 2.75) is 51.5 Å². The molecule has 4 saturated carbocycles. The first-order chi connectivity index (χ1) is 16.4. The molecule has 1 amide bonds. The van der Waals surface area contributed by atoms with E-state index in [4.69, 9.17) is 0 Å². The number of carbonyl (C=O) groups excluding carboxylic acids is 1. The van der Waals surface area contributed by atoms with Crippen LogP contribution in [0.25, 0.3) is 10.8 Å². The zero-order chi connectivity index (χ0) is 23.4. The Balaban J connectivity index is 1.23. The van der Waals surface area contributed by atoms with E-state index in [-0.39, 0.29) is 29.0 Å². The fourth-order valence-corrected chi connectivity index (χ4v) is 7.43. The van der Waals surface area contributed by atoms with Gasteiger partial charge in [0.25, 0.3) is 5.56 Å². The van der Waals surface area contributed by atoms with Crippen molar-refractivity contribution in [1.82, 2.24) is 4.57 Å². The fraction of sp³-hybridized carbons (Fsp3) is 0.429. The molecule has 6 heteroatoms. The molecule has 1 heterocycles. The van der Waals surface area contributed by atoms with Crippen molar-refractivity contribution < 1.29 is 13.6 Å². The number of hydrogen-bond donors (Lipinski definition) is 1. The number of fused-ring (bicyclic) bond motifs is 1. The Labute approximate surface area is 197 Å². The van der Waals surface area contributed by atoms with Crippen molar-refractivity contribution in [3.8, 4) is 0 Å². The predicted molar refractivity (Wildman–Crippen MR) is 128 cm³/mol. The minimum absolute atomic E-state index is 0.00347. The Morgan fingerprint density at radius 3 is 2.35 bits per heavy atom. The van der Waals surface area contributed by atoms with Gasteiger partial charge in [-0.15, -0.1) is 0 Å². The van der Waals surface area contributed by atoms with Crippen LogP contribution in [0.5, 0.6) is 0 Å². The number of pyridine rings is 1. The molecule has 4 nitrogen and oxygen atoms in total. The van der Waals surface area contributed by atoms with Crippen LogP contribution in [0.1, 0.15) is 50.5 Å². The molecule has 0 atom stereocenters. The van der Waals surface area contributed by atoms with Gasteiger partial charge in [0.2, 0.25) is 5.91 Å². The molecule has 4 aliphatic carbocycles. The number of nitrogens with one attached hydrogen (secondary N) is 1. The lowest BCUT2D eigenvalue weighted by atomic mass is 9.49. The summed E-state index contributed by atoms with van der Waals surface area (Å²) in [6.07, 6.45) is 9.71. The zero-order valence-corrected chi connectivity index (χ0v) is 19.0. The molecule has 176 valence electrons. The van der Waals surface area contributed by atoms with Gasteiger partial charge in [-0.3, -0.25) is 9.59 Å². The van der Waals surface area contributed by atoms with Crippen LogP contribution in [0.15, 0.2) is 53.5 Å². The standard InChI is InChI=1S/C28H28F2N2O2/c29-21-5-4-20(24(30)11-21)16-32-7-6-22-23(27(32)34)2-1-3-25(22)31-26(33)15-28-12-17-8-18(13-28)10-19(9-17)14-28/h1-7,11,17-19H,8-10,12-16H2,(H,31,33). The van der Waals surface area contributed by atoms with Crippen molar-refractivity contribution in [1.29, 1.82) is 0 Å². The Kier molecular flexibility index (Phi) is 5.08. The summed E-state index contributed by atoms with van der Waals surface area (Å²) < 4.78 is 28.7. The van der Waals surface area contributed by atoms with Crippen LogP contribution in [0.4, 0.5) is 14.5 Å². The number of amides is 1. The van der Waals surface area contributed by atoms with Crippen LogP contribution in [-0.4, -0.2) is 10.5 Å². The van der Waals surface area contributed by atoms with Gasteiger partial charge in [-0.1, -0.05) is 12.1 Å². The number of nitrogens with zero attached hydrogens (tertiary/aromatic N) is 1. The first kappa shape index (κ1) is 21.5. The van der Waals surface area contributed by atoms with Gasteiger partial charge < -0.3 is 9.88 Å². The summed E-state index contributed by atoms with van der Waals surface area (Å²) in [6, 6.07) is 10.4. The third-order valence-corrected chi connectivity index (χ3v) is 8.35. The summed E-state index contributed by atoms with van der Waals surface area (Å²) in [7, 11) is 0. The fourth-order valence-electron chi connectivity index (χ4n) is 7.43. The summed E-state index contributed by atoms with van der Waals surface area (Å²) in [5.41, 5.74) is 0.737. The summed E-state index contributed by atoms with van der Waals surface area (Å²) in [5, 5.41) is 4.21. The van der Waals surface area contributed by atoms with E-state index in [9.17, 15) is 18.4 Å². The molecular weight excluding hydrogens is 434 g/mol. The van der Waals surface area contributed by atoms with Crippen LogP contribution < -0.4 is 10.9 Å². The van der Waals surface area contributed by atoms with E-state index in [1.54, 1.807) is 24.4 Å². The normalized spacial score (nSPS) is 27.3. The Morgan fingerprint density at radius 2 is 1.68 bits per heavy atom. The molecule has 7 rings (SSSR count). The van der Waals surface area contributed by atoms with Crippen LogP contribution in [0.2, 0.25) is 0 Å². The summed E-state index contributed by atoms with van der Waals surface area (Å²) in [6.45, 7) is 0.00347. The van der Waals surface area contributed by atoms with Crippen molar-refractivity contribution in [3.05, 3.63) is 76.2 Å². The van der Waals surface area contributed by atoms with Crippen molar-refractivity contribution >= 4 is 22.4 Å². The molecule has 34 heavy (non-hydrogen) atoms. The molecule has 0 aliphatic heterocycles. The Morgan fingerprint density at radius 1 is 0.971 bits per heavy atom. The van der Waals surface area contributed by atoms with Gasteiger partial charge >= 0.3 is 0 Å². The molecule has 0 unspecified atom stereocenters. The number of halogens is 2. The number of anilines is 1. The van der Waals surface area contributed by atoms with Crippen LogP contribution >= 0.6 is 0 Å². The molecule has 2 aromatic carbocycles. The third-order valence-electron chi connectivity index (χ3n) is 8.35. The molecule has 0 spiro atoms. The SMILES string of the molecule is O=C(CC12CC3CC(CC(C3)C1)C2)Nc1cccc2c(=O)n(Cc3ccc(F)cc3F)ccc12. The largest absolute Gasteiger partial charge is 0.325 e. The summed E-state index contributed by atoms with van der Waals surface area (Å²) in [4.78, 5) is 26.2. The van der Waals surface area contributed by atoms with Gasteiger partial charge in [-0.05, 0) is 86.0 Å². The van der Waals surface area contributed by atoms with E-state index in [1.165, 1.54) is 55.2 Å². The highest BCUT2D eigenvalue weighted by atomic mass is 19.1. The lowest BCUT2D eigenvalue weighted by Crippen LogP contribution is -2.47. The van der Waals surface area contributed by atoms with E-state index in [0.29, 0.717) is 22.9 Å². The van der Waals surface area contributed by atoms with Crippen molar-refractivity contribution in [2.24, 2.45) is 23.2 Å². The van der Waals surface area contributed by atoms with Gasteiger partial charge in [0.1, 0.15) is 11.6 Å². The first-order valence-corrected chi connectivity index (χ1v) is 12.2. The molecule has 4 aliphatic rings. The lowest BCUT2D eigenvalue weighted by Gasteiger charge is -2.56. The molecule has 1 aromatic heterocycles. The average Bonchev–Trinajstić information content (AvgIpc) is 2.76. The monoisotopic (exact) mass is 462 g/mol. The van der Waals surface area contributed by atoms with Gasteiger partial charge in [-0.2, -0.15) is 0 Å².